The van der Waals surface area contributed by atoms with Crippen LogP contribution in [0.15, 0.2) is 0 Å². The molecule has 0 aromatic heterocycles. The molecule has 2 unspecified atom stereocenters. The SMILES string of the molecule is CCC(C)OC(=O)C(C)(CO)C(=O)O. The molecule has 0 rings (SSSR count). The Morgan fingerprint density at radius 3 is 2.29 bits per heavy atom. The number of rotatable bonds is 5. The minimum absolute atomic E-state index is 0.340. The highest BCUT2D eigenvalue weighted by atomic mass is 16.5. The van der Waals surface area contributed by atoms with Crippen LogP contribution in [0.3, 0.4) is 0 Å². The molecule has 5 nitrogen and oxygen atoms in total. The van der Waals surface area contributed by atoms with Gasteiger partial charge in [0.1, 0.15) is 0 Å². The Morgan fingerprint density at radius 1 is 1.50 bits per heavy atom. The number of esters is 1. The van der Waals surface area contributed by atoms with Gasteiger partial charge < -0.3 is 14.9 Å². The lowest BCUT2D eigenvalue weighted by atomic mass is 9.92. The Morgan fingerprint density at radius 2 is 2.00 bits per heavy atom. The first-order valence-corrected chi connectivity index (χ1v) is 4.43. The average molecular weight is 204 g/mol. The number of carboxylic acid groups (broad SMARTS) is 1. The number of carboxylic acids is 1. The molecule has 0 amide bonds. The van der Waals surface area contributed by atoms with E-state index in [-0.39, 0.29) is 6.10 Å². The molecular weight excluding hydrogens is 188 g/mol. The molecule has 14 heavy (non-hydrogen) atoms. The lowest BCUT2D eigenvalue weighted by molar-refractivity contribution is -0.173. The minimum Gasteiger partial charge on any atom is -0.480 e. The van der Waals surface area contributed by atoms with E-state index in [9.17, 15) is 9.59 Å². The predicted molar refractivity (Wildman–Crippen MR) is 48.7 cm³/mol. The molecule has 5 heteroatoms. The van der Waals surface area contributed by atoms with Crippen LogP contribution in [0.1, 0.15) is 27.2 Å². The Kier molecular flexibility index (Phi) is 4.56. The smallest absolute Gasteiger partial charge is 0.325 e. The zero-order valence-corrected chi connectivity index (χ0v) is 8.61. The zero-order chi connectivity index (χ0) is 11.4. The summed E-state index contributed by atoms with van der Waals surface area (Å²) in [5.41, 5.74) is -1.86. The number of aliphatic carboxylic acids is 1. The number of ether oxygens (including phenoxy) is 1. The van der Waals surface area contributed by atoms with Crippen molar-refractivity contribution in [2.45, 2.75) is 33.3 Å². The number of hydrogen-bond donors (Lipinski definition) is 2. The Hall–Kier alpha value is -1.10. The molecule has 0 aliphatic rings. The number of aliphatic hydroxyl groups is 1. The van der Waals surface area contributed by atoms with Crippen LogP contribution in [0.25, 0.3) is 0 Å². The lowest BCUT2D eigenvalue weighted by Crippen LogP contribution is -2.42. The van der Waals surface area contributed by atoms with Crippen molar-refractivity contribution in [2.75, 3.05) is 6.61 Å². The van der Waals surface area contributed by atoms with Gasteiger partial charge in [-0.2, -0.15) is 0 Å². The van der Waals surface area contributed by atoms with E-state index >= 15 is 0 Å². The molecule has 0 saturated carbocycles. The molecular formula is C9H16O5. The summed E-state index contributed by atoms with van der Waals surface area (Å²) in [6.45, 7) is 3.85. The van der Waals surface area contributed by atoms with Crippen molar-refractivity contribution in [3.63, 3.8) is 0 Å². The quantitative estimate of drug-likeness (QED) is 0.500. The van der Waals surface area contributed by atoms with Crippen molar-refractivity contribution in [3.8, 4) is 0 Å². The van der Waals surface area contributed by atoms with Gasteiger partial charge in [0.2, 0.25) is 0 Å². The van der Waals surface area contributed by atoms with Gasteiger partial charge in [-0.25, -0.2) is 0 Å². The van der Waals surface area contributed by atoms with E-state index in [1.807, 2.05) is 6.92 Å². The van der Waals surface area contributed by atoms with Gasteiger partial charge in [0.05, 0.1) is 12.7 Å². The molecule has 0 bridgehead atoms. The fraction of sp³-hybridized carbons (Fsp3) is 0.778. The summed E-state index contributed by atoms with van der Waals surface area (Å²) < 4.78 is 4.84. The second kappa shape index (κ2) is 4.95. The first-order chi connectivity index (χ1) is 6.38. The van der Waals surface area contributed by atoms with E-state index in [1.165, 1.54) is 0 Å². The number of carbonyl (C=O) groups excluding carboxylic acids is 1. The van der Waals surface area contributed by atoms with E-state index in [1.54, 1.807) is 6.92 Å². The van der Waals surface area contributed by atoms with Crippen molar-refractivity contribution in [3.05, 3.63) is 0 Å². The third-order valence-electron chi connectivity index (χ3n) is 2.12. The highest BCUT2D eigenvalue weighted by molar-refractivity contribution is 5.98. The van der Waals surface area contributed by atoms with Gasteiger partial charge in [0, 0.05) is 0 Å². The maximum Gasteiger partial charge on any atom is 0.325 e. The van der Waals surface area contributed by atoms with Crippen LogP contribution in [0.4, 0.5) is 0 Å². The molecule has 0 spiro atoms. The van der Waals surface area contributed by atoms with Crippen molar-refractivity contribution in [2.24, 2.45) is 5.41 Å². The minimum atomic E-state index is -1.86. The first kappa shape index (κ1) is 12.9. The summed E-state index contributed by atoms with van der Waals surface area (Å²) >= 11 is 0. The van der Waals surface area contributed by atoms with Crippen molar-refractivity contribution in [1.82, 2.24) is 0 Å². The van der Waals surface area contributed by atoms with Gasteiger partial charge in [0.25, 0.3) is 0 Å². The van der Waals surface area contributed by atoms with Gasteiger partial charge in [-0.15, -0.1) is 0 Å². The van der Waals surface area contributed by atoms with E-state index in [0.717, 1.165) is 6.92 Å². The number of hydrogen-bond acceptors (Lipinski definition) is 4. The normalized spacial score (nSPS) is 16.9. The Labute approximate surface area is 82.7 Å². The average Bonchev–Trinajstić information content (AvgIpc) is 2.15. The van der Waals surface area contributed by atoms with Crippen molar-refractivity contribution >= 4 is 11.9 Å². The summed E-state index contributed by atoms with van der Waals surface area (Å²) in [7, 11) is 0. The molecule has 0 fully saturated rings. The van der Waals surface area contributed by atoms with Crippen LogP contribution in [-0.4, -0.2) is 34.9 Å². The van der Waals surface area contributed by atoms with Gasteiger partial charge in [-0.3, -0.25) is 9.59 Å². The summed E-state index contributed by atoms with van der Waals surface area (Å²) in [5, 5.41) is 17.6. The second-order valence-corrected chi connectivity index (χ2v) is 3.42. The highest BCUT2D eigenvalue weighted by Crippen LogP contribution is 2.19. The zero-order valence-electron chi connectivity index (χ0n) is 8.61. The standard InChI is InChI=1S/C9H16O5/c1-4-6(2)14-8(13)9(3,5-10)7(11)12/h6,10H,4-5H2,1-3H3,(H,11,12). The Bertz CT molecular complexity index is 225. The van der Waals surface area contributed by atoms with Gasteiger partial charge in [0.15, 0.2) is 5.41 Å². The summed E-state index contributed by atoms with van der Waals surface area (Å²) in [4.78, 5) is 22.0. The largest absolute Gasteiger partial charge is 0.480 e. The van der Waals surface area contributed by atoms with E-state index < -0.39 is 24.0 Å². The fourth-order valence-corrected chi connectivity index (χ4v) is 0.616. The molecule has 82 valence electrons. The van der Waals surface area contributed by atoms with Crippen molar-refractivity contribution in [1.29, 1.82) is 0 Å². The third-order valence-corrected chi connectivity index (χ3v) is 2.12. The first-order valence-electron chi connectivity index (χ1n) is 4.43. The second-order valence-electron chi connectivity index (χ2n) is 3.42. The third kappa shape index (κ3) is 2.70. The summed E-state index contributed by atoms with van der Waals surface area (Å²) in [6, 6.07) is 0. The highest BCUT2D eigenvalue weighted by Gasteiger charge is 2.43. The lowest BCUT2D eigenvalue weighted by Gasteiger charge is -2.22. The molecule has 2 N–H and O–H groups in total. The monoisotopic (exact) mass is 204 g/mol. The van der Waals surface area contributed by atoms with Crippen LogP contribution in [0.5, 0.6) is 0 Å². The maximum absolute atomic E-state index is 11.3. The van der Waals surface area contributed by atoms with Crippen LogP contribution >= 0.6 is 0 Å². The molecule has 0 aromatic rings. The van der Waals surface area contributed by atoms with Gasteiger partial charge in [-0.1, -0.05) is 6.92 Å². The molecule has 0 heterocycles. The molecule has 0 saturated heterocycles. The van der Waals surface area contributed by atoms with Gasteiger partial charge >= 0.3 is 11.9 Å². The van der Waals surface area contributed by atoms with E-state index in [0.29, 0.717) is 6.42 Å². The van der Waals surface area contributed by atoms with Gasteiger partial charge in [-0.05, 0) is 20.3 Å². The van der Waals surface area contributed by atoms with Crippen LogP contribution in [0, 0.1) is 5.41 Å². The maximum atomic E-state index is 11.3. The molecule has 2 atom stereocenters. The van der Waals surface area contributed by atoms with Crippen LogP contribution in [0.2, 0.25) is 0 Å². The molecule has 0 aliphatic carbocycles. The van der Waals surface area contributed by atoms with E-state index in [4.69, 9.17) is 14.9 Å². The van der Waals surface area contributed by atoms with Crippen molar-refractivity contribution < 1.29 is 24.5 Å². The fourth-order valence-electron chi connectivity index (χ4n) is 0.616. The van der Waals surface area contributed by atoms with Crippen LogP contribution in [-0.2, 0) is 14.3 Å². The Balaban J connectivity index is 4.55. The topological polar surface area (TPSA) is 83.8 Å². The molecule has 0 aromatic carbocycles. The van der Waals surface area contributed by atoms with E-state index in [2.05, 4.69) is 0 Å². The molecule has 0 radical (unpaired) electrons. The predicted octanol–water partition coefficient (Wildman–Crippen LogP) is 0.411. The van der Waals surface area contributed by atoms with Crippen LogP contribution < -0.4 is 0 Å². The summed E-state index contributed by atoms with van der Waals surface area (Å²) in [6.07, 6.45) is 0.264. The summed E-state index contributed by atoms with van der Waals surface area (Å²) in [5.74, 6) is -2.28. The molecule has 0 aliphatic heterocycles. The number of aliphatic hydroxyl groups excluding tert-OH is 1. The number of carbonyl (C=O) groups is 2.